The van der Waals surface area contributed by atoms with E-state index in [2.05, 4.69) is 0 Å². The van der Waals surface area contributed by atoms with Crippen LogP contribution in [0.5, 0.6) is 0 Å². The molecule has 16 heteroatoms. The standard InChI is InChI=1S/C15H6Cl2O4.2C15H7ClO4.3C2H6/c16-10-11(17)15-9(13(19)14(10)20)8(6-21-15)12(18)7-4-2-1-3-5-7;16-10-6-11(17)14(19)12-9(7-20-15(10)12)13(18)8-4-2-1-3-5-8;16-10-6-11-12(15(19)14(10)18)9(7-20-11)13(17)8-4-2-1-3-5-8;3*1-2/h1-6H;2*1-7H;3*1-2H3. The number of furan rings is 3. The molecule has 0 N–H and O–H groups in total. The second-order valence-corrected chi connectivity index (χ2v) is 14.4. The molecule has 0 saturated carbocycles. The number of hydrogen-bond donors (Lipinski definition) is 0. The Morgan fingerprint density at radius 1 is 0.388 bits per heavy atom. The van der Waals surface area contributed by atoms with Gasteiger partial charge in [0, 0.05) is 28.8 Å². The topological polar surface area (TPSA) is 193 Å². The number of fused-ring (bicyclic) bond motifs is 3. The van der Waals surface area contributed by atoms with Crippen molar-refractivity contribution in [3.63, 3.8) is 0 Å². The van der Waals surface area contributed by atoms with Crippen molar-refractivity contribution in [2.45, 2.75) is 41.5 Å². The van der Waals surface area contributed by atoms with E-state index in [4.69, 9.17) is 59.7 Å². The van der Waals surface area contributed by atoms with Gasteiger partial charge in [-0.05, 0) is 0 Å². The molecule has 342 valence electrons. The van der Waals surface area contributed by atoms with Gasteiger partial charge in [0.2, 0.25) is 34.7 Å². The molecule has 0 radical (unpaired) electrons. The minimum atomic E-state index is -0.947. The molecule has 3 heterocycles. The molecule has 6 aromatic rings. The van der Waals surface area contributed by atoms with Crippen LogP contribution < -0.4 is 0 Å². The number of benzene rings is 3. The lowest BCUT2D eigenvalue weighted by atomic mass is 9.94. The molecule has 0 spiro atoms. The van der Waals surface area contributed by atoms with E-state index in [1.807, 2.05) is 41.5 Å². The van der Waals surface area contributed by atoms with Crippen LogP contribution in [-0.4, -0.2) is 52.0 Å². The Morgan fingerprint density at radius 2 is 0.761 bits per heavy atom. The molecule has 12 nitrogen and oxygen atoms in total. The summed E-state index contributed by atoms with van der Waals surface area (Å²) in [6.07, 6.45) is 5.70. The highest BCUT2D eigenvalue weighted by atomic mass is 35.5. The van der Waals surface area contributed by atoms with Gasteiger partial charge in [-0.15, -0.1) is 0 Å². The van der Waals surface area contributed by atoms with E-state index < -0.39 is 45.5 Å². The fraction of sp³-hybridized carbons (Fsp3) is 0.118. The van der Waals surface area contributed by atoms with Crippen molar-refractivity contribution in [2.75, 3.05) is 0 Å². The largest absolute Gasteiger partial charge is 0.463 e. The summed E-state index contributed by atoms with van der Waals surface area (Å²) in [5, 5.41) is -0.752. The normalized spacial score (nSPS) is 13.1. The summed E-state index contributed by atoms with van der Waals surface area (Å²) in [6.45, 7) is 12.0. The predicted octanol–water partition coefficient (Wildman–Crippen LogP) is 12.2. The maximum Gasteiger partial charge on any atom is 0.246 e. The van der Waals surface area contributed by atoms with Crippen molar-refractivity contribution in [1.29, 1.82) is 0 Å². The quantitative estimate of drug-likeness (QED) is 0.113. The van der Waals surface area contributed by atoms with Gasteiger partial charge in [0.25, 0.3) is 0 Å². The Morgan fingerprint density at radius 3 is 1.21 bits per heavy atom. The van der Waals surface area contributed by atoms with Crippen LogP contribution in [0.2, 0.25) is 0 Å². The maximum absolute atomic E-state index is 12.4. The van der Waals surface area contributed by atoms with E-state index in [-0.39, 0.29) is 77.3 Å². The first-order chi connectivity index (χ1) is 32.2. The minimum Gasteiger partial charge on any atom is -0.463 e. The van der Waals surface area contributed by atoms with Gasteiger partial charge in [-0.2, -0.15) is 0 Å². The summed E-state index contributed by atoms with van der Waals surface area (Å²) in [6, 6.07) is 25.2. The van der Waals surface area contributed by atoms with Gasteiger partial charge >= 0.3 is 0 Å². The van der Waals surface area contributed by atoms with E-state index >= 15 is 0 Å². The van der Waals surface area contributed by atoms with Crippen molar-refractivity contribution < 1.29 is 56.4 Å². The lowest BCUT2D eigenvalue weighted by Gasteiger charge is -2.09. The van der Waals surface area contributed by atoms with E-state index in [0.29, 0.717) is 16.7 Å². The van der Waals surface area contributed by atoms with Gasteiger partial charge in [0.15, 0.2) is 28.9 Å². The number of carbonyl (C=O) groups excluding carboxylic acids is 9. The molecule has 0 aliphatic heterocycles. The lowest BCUT2D eigenvalue weighted by molar-refractivity contribution is -0.111. The first-order valence-corrected chi connectivity index (χ1v) is 21.9. The molecular formula is C51H38Cl4O12. The first kappa shape index (κ1) is 52.5. The lowest BCUT2D eigenvalue weighted by Crippen LogP contribution is -2.22. The Hall–Kier alpha value is -7.09. The summed E-state index contributed by atoms with van der Waals surface area (Å²) in [5.41, 5.74) is 1.10. The van der Waals surface area contributed by atoms with Gasteiger partial charge in [-0.25, -0.2) is 0 Å². The number of hydrogen-bond acceptors (Lipinski definition) is 12. The minimum absolute atomic E-state index is 0.00290. The molecule has 3 aromatic carbocycles. The van der Waals surface area contributed by atoms with Crippen molar-refractivity contribution in [3.8, 4) is 0 Å². The van der Waals surface area contributed by atoms with Gasteiger partial charge < -0.3 is 13.3 Å². The molecule has 3 aliphatic carbocycles. The molecule has 0 bridgehead atoms. The number of halogens is 4. The van der Waals surface area contributed by atoms with Gasteiger partial charge in [0.1, 0.15) is 34.6 Å². The Balaban J connectivity index is 0.000000208. The summed E-state index contributed by atoms with van der Waals surface area (Å²) < 4.78 is 15.5. The van der Waals surface area contributed by atoms with E-state index in [0.717, 1.165) is 18.6 Å². The smallest absolute Gasteiger partial charge is 0.246 e. The third kappa shape index (κ3) is 11.0. The van der Waals surface area contributed by atoms with Gasteiger partial charge in [0.05, 0.1) is 43.4 Å². The highest BCUT2D eigenvalue weighted by Gasteiger charge is 2.39. The average molecular weight is 985 g/mol. The second-order valence-electron chi connectivity index (χ2n) is 12.8. The van der Waals surface area contributed by atoms with Crippen LogP contribution >= 0.6 is 46.4 Å². The predicted molar refractivity (Wildman–Crippen MR) is 254 cm³/mol. The number of rotatable bonds is 6. The third-order valence-electron chi connectivity index (χ3n) is 9.10. The Kier molecular flexibility index (Phi) is 18.7. The monoisotopic (exact) mass is 982 g/mol. The fourth-order valence-electron chi connectivity index (χ4n) is 6.14. The number of carbonyl (C=O) groups is 9. The molecule has 3 aromatic heterocycles. The van der Waals surface area contributed by atoms with Crippen LogP contribution in [0.1, 0.15) is 138 Å². The number of allylic oxidation sites excluding steroid dienone is 3. The Labute approximate surface area is 403 Å². The fourth-order valence-corrected chi connectivity index (χ4v) is 6.96. The van der Waals surface area contributed by atoms with Crippen LogP contribution in [0.4, 0.5) is 0 Å². The average Bonchev–Trinajstić information content (AvgIpc) is 4.15. The molecule has 0 amide bonds. The highest BCUT2D eigenvalue weighted by molar-refractivity contribution is 6.71. The summed E-state index contributed by atoms with van der Waals surface area (Å²) in [7, 11) is 0. The SMILES string of the molecule is CC.CC.CC.O=C1C(=O)c2c(C(=O)c3ccccc3)coc2C(Cl)=C1Cl.O=C1C(=O)c2c(C(=O)c3ccccc3)coc2C=C1Cl.O=C1C=C(Cl)c2occ(C(=O)c3ccccc3)c2C1=O. The van der Waals surface area contributed by atoms with Crippen LogP contribution in [0.3, 0.4) is 0 Å². The molecule has 0 saturated heterocycles. The van der Waals surface area contributed by atoms with Crippen LogP contribution in [0.15, 0.2) is 139 Å². The van der Waals surface area contributed by atoms with Crippen LogP contribution in [0, 0.1) is 0 Å². The van der Waals surface area contributed by atoms with E-state index in [1.54, 1.807) is 91.0 Å². The van der Waals surface area contributed by atoms with Crippen molar-refractivity contribution in [1.82, 2.24) is 0 Å². The highest BCUT2D eigenvalue weighted by Crippen LogP contribution is 2.38. The zero-order valence-corrected chi connectivity index (χ0v) is 39.5. The van der Waals surface area contributed by atoms with Crippen molar-refractivity contribution >= 4 is 115 Å². The molecule has 67 heavy (non-hydrogen) atoms. The third-order valence-corrected chi connectivity index (χ3v) is 10.5. The summed E-state index contributed by atoms with van der Waals surface area (Å²) >= 11 is 23.1. The van der Waals surface area contributed by atoms with Crippen LogP contribution in [0.25, 0.3) is 16.1 Å². The van der Waals surface area contributed by atoms with Gasteiger partial charge in [-0.3, -0.25) is 43.2 Å². The molecule has 9 rings (SSSR count). The number of ketones is 9. The summed E-state index contributed by atoms with van der Waals surface area (Å²) in [5.74, 6) is -6.06. The molecule has 3 aliphatic rings. The van der Waals surface area contributed by atoms with E-state index in [9.17, 15) is 43.2 Å². The van der Waals surface area contributed by atoms with Gasteiger partial charge in [-0.1, -0.05) is 179 Å². The first-order valence-electron chi connectivity index (χ1n) is 20.4. The summed E-state index contributed by atoms with van der Waals surface area (Å²) in [4.78, 5) is 108. The van der Waals surface area contributed by atoms with E-state index in [1.165, 1.54) is 12.3 Å². The zero-order chi connectivity index (χ0) is 49.7. The van der Waals surface area contributed by atoms with Crippen molar-refractivity contribution in [3.05, 3.63) is 193 Å². The zero-order valence-electron chi connectivity index (χ0n) is 36.5. The molecular weight excluding hydrogens is 946 g/mol. The maximum atomic E-state index is 12.4. The molecule has 0 fully saturated rings. The molecule has 0 unspecified atom stereocenters. The molecule has 0 atom stereocenters. The van der Waals surface area contributed by atoms with Crippen LogP contribution in [-0.2, 0) is 14.4 Å². The second kappa shape index (κ2) is 23.9. The number of Topliss-reactive ketones (excluding diaryl/α,β-unsaturated/α-hetero) is 5. The van der Waals surface area contributed by atoms with Crippen molar-refractivity contribution in [2.24, 2.45) is 0 Å². The Bertz CT molecular complexity index is 3000.